The van der Waals surface area contributed by atoms with Crippen molar-refractivity contribution in [1.82, 2.24) is 4.90 Å². The van der Waals surface area contributed by atoms with Crippen molar-refractivity contribution < 1.29 is 13.9 Å². The second-order valence-electron chi connectivity index (χ2n) is 6.16. The number of rotatable bonds is 5. The maximum Gasteiger partial charge on any atom is 0.223 e. The lowest BCUT2D eigenvalue weighted by Crippen LogP contribution is -2.48. The zero-order valence-corrected chi connectivity index (χ0v) is 14.5. The molecule has 2 aromatic carbocycles. The number of hydrogen-bond donors (Lipinski definition) is 0. The molecular weight excluding hydrogens is 319 g/mol. The molecule has 0 radical (unpaired) electrons. The summed E-state index contributed by atoms with van der Waals surface area (Å²) in [6.45, 7) is 2.93. The summed E-state index contributed by atoms with van der Waals surface area (Å²) in [7, 11) is 1.65. The maximum atomic E-state index is 13.0. The fraction of sp³-hybridized carbons (Fsp3) is 0.350. The predicted octanol–water partition coefficient (Wildman–Crippen LogP) is 3.12. The van der Waals surface area contributed by atoms with Gasteiger partial charge in [0.15, 0.2) is 0 Å². The van der Waals surface area contributed by atoms with E-state index in [1.54, 1.807) is 19.2 Å². The molecule has 1 aliphatic rings. The van der Waals surface area contributed by atoms with E-state index >= 15 is 0 Å². The molecule has 25 heavy (non-hydrogen) atoms. The Labute approximate surface area is 147 Å². The van der Waals surface area contributed by atoms with Crippen LogP contribution in [-0.4, -0.2) is 44.1 Å². The van der Waals surface area contributed by atoms with Crippen LogP contribution >= 0.6 is 0 Å². The van der Waals surface area contributed by atoms with Crippen LogP contribution in [0.15, 0.2) is 48.5 Å². The number of piperazine rings is 1. The predicted molar refractivity (Wildman–Crippen MR) is 96.5 cm³/mol. The zero-order chi connectivity index (χ0) is 17.6. The number of methoxy groups -OCH3 is 1. The SMILES string of the molecule is COc1ccccc1CCC(=O)N1CCN(c2ccc(F)cc2)CC1. The Morgan fingerprint density at radius 2 is 1.72 bits per heavy atom. The number of para-hydroxylation sites is 1. The maximum absolute atomic E-state index is 13.0. The molecule has 1 amide bonds. The Hall–Kier alpha value is -2.56. The van der Waals surface area contributed by atoms with E-state index in [-0.39, 0.29) is 11.7 Å². The molecule has 0 N–H and O–H groups in total. The number of halogens is 1. The van der Waals surface area contributed by atoms with Gasteiger partial charge in [0.25, 0.3) is 0 Å². The molecule has 3 rings (SSSR count). The minimum Gasteiger partial charge on any atom is -0.496 e. The van der Waals surface area contributed by atoms with Crippen molar-refractivity contribution in [2.75, 3.05) is 38.2 Å². The van der Waals surface area contributed by atoms with Crippen LogP contribution in [0.1, 0.15) is 12.0 Å². The Kier molecular flexibility index (Phi) is 5.53. The van der Waals surface area contributed by atoms with Gasteiger partial charge in [-0.1, -0.05) is 18.2 Å². The van der Waals surface area contributed by atoms with Gasteiger partial charge in [-0.15, -0.1) is 0 Å². The summed E-state index contributed by atoms with van der Waals surface area (Å²) in [6.07, 6.45) is 1.16. The molecule has 1 saturated heterocycles. The normalized spacial score (nSPS) is 14.5. The third-order valence-electron chi connectivity index (χ3n) is 4.62. The van der Waals surface area contributed by atoms with Crippen molar-refractivity contribution in [2.45, 2.75) is 12.8 Å². The minimum atomic E-state index is -0.228. The Balaban J connectivity index is 1.50. The van der Waals surface area contributed by atoms with Gasteiger partial charge in [0.05, 0.1) is 7.11 Å². The molecule has 4 nitrogen and oxygen atoms in total. The molecule has 5 heteroatoms. The van der Waals surface area contributed by atoms with Crippen LogP contribution in [0.25, 0.3) is 0 Å². The third-order valence-corrected chi connectivity index (χ3v) is 4.62. The second-order valence-corrected chi connectivity index (χ2v) is 6.16. The third kappa shape index (κ3) is 4.29. The van der Waals surface area contributed by atoms with E-state index in [2.05, 4.69) is 4.90 Å². The molecule has 0 aliphatic carbocycles. The summed E-state index contributed by atoms with van der Waals surface area (Å²) in [4.78, 5) is 16.6. The first-order chi connectivity index (χ1) is 12.2. The number of nitrogens with zero attached hydrogens (tertiary/aromatic N) is 2. The number of anilines is 1. The van der Waals surface area contributed by atoms with Crippen molar-refractivity contribution in [2.24, 2.45) is 0 Å². The fourth-order valence-corrected chi connectivity index (χ4v) is 3.18. The van der Waals surface area contributed by atoms with Gasteiger partial charge in [-0.2, -0.15) is 0 Å². The highest BCUT2D eigenvalue weighted by atomic mass is 19.1. The first-order valence-electron chi connectivity index (χ1n) is 8.57. The van der Waals surface area contributed by atoms with E-state index in [1.165, 1.54) is 12.1 Å². The first kappa shape index (κ1) is 17.3. The number of ether oxygens (including phenoxy) is 1. The molecule has 2 aromatic rings. The molecule has 132 valence electrons. The van der Waals surface area contributed by atoms with Crippen LogP contribution in [0.3, 0.4) is 0 Å². The topological polar surface area (TPSA) is 32.8 Å². The van der Waals surface area contributed by atoms with Crippen LogP contribution in [0.5, 0.6) is 5.75 Å². The van der Waals surface area contributed by atoms with E-state index < -0.39 is 0 Å². The van der Waals surface area contributed by atoms with Crippen LogP contribution in [0.2, 0.25) is 0 Å². The highest BCUT2D eigenvalue weighted by Crippen LogP contribution is 2.20. The van der Waals surface area contributed by atoms with E-state index in [0.29, 0.717) is 25.9 Å². The van der Waals surface area contributed by atoms with Crippen LogP contribution in [-0.2, 0) is 11.2 Å². The van der Waals surface area contributed by atoms with Crippen LogP contribution in [0.4, 0.5) is 10.1 Å². The number of carbonyl (C=O) groups is 1. The number of carbonyl (C=O) groups excluding carboxylic acids is 1. The van der Waals surface area contributed by atoms with Crippen molar-refractivity contribution in [1.29, 1.82) is 0 Å². The summed E-state index contributed by atoms with van der Waals surface area (Å²) in [5.41, 5.74) is 2.06. The van der Waals surface area contributed by atoms with Gasteiger partial charge in [-0.05, 0) is 42.3 Å². The van der Waals surface area contributed by atoms with Crippen molar-refractivity contribution >= 4 is 11.6 Å². The molecule has 0 bridgehead atoms. The first-order valence-corrected chi connectivity index (χ1v) is 8.57. The van der Waals surface area contributed by atoms with Crippen molar-refractivity contribution in [3.8, 4) is 5.75 Å². The van der Waals surface area contributed by atoms with Crippen molar-refractivity contribution in [3.05, 3.63) is 59.9 Å². The van der Waals surface area contributed by atoms with Crippen molar-refractivity contribution in [3.63, 3.8) is 0 Å². The lowest BCUT2D eigenvalue weighted by atomic mass is 10.1. The second kappa shape index (κ2) is 8.01. The average Bonchev–Trinajstić information content (AvgIpc) is 2.67. The molecule has 1 heterocycles. The largest absolute Gasteiger partial charge is 0.496 e. The Bertz CT molecular complexity index is 710. The summed E-state index contributed by atoms with van der Waals surface area (Å²) in [6, 6.07) is 14.3. The number of amides is 1. The van der Waals surface area contributed by atoms with E-state index in [1.807, 2.05) is 29.2 Å². The fourth-order valence-electron chi connectivity index (χ4n) is 3.18. The molecule has 0 saturated carbocycles. The Morgan fingerprint density at radius 1 is 1.04 bits per heavy atom. The molecular formula is C20H23FN2O2. The van der Waals surface area contributed by atoms with Gasteiger partial charge in [-0.3, -0.25) is 4.79 Å². The van der Waals surface area contributed by atoms with Gasteiger partial charge >= 0.3 is 0 Å². The molecule has 0 atom stereocenters. The van der Waals surface area contributed by atoms with Gasteiger partial charge in [0.2, 0.25) is 5.91 Å². The van der Waals surface area contributed by atoms with Gasteiger partial charge in [0, 0.05) is 38.3 Å². The van der Waals surface area contributed by atoms with Gasteiger partial charge in [-0.25, -0.2) is 4.39 Å². The summed E-state index contributed by atoms with van der Waals surface area (Å²) in [5, 5.41) is 0. The zero-order valence-electron chi connectivity index (χ0n) is 14.5. The molecule has 0 spiro atoms. The standard InChI is InChI=1S/C20H23FN2O2/c1-25-19-5-3-2-4-16(19)6-11-20(24)23-14-12-22(13-15-23)18-9-7-17(21)8-10-18/h2-5,7-10H,6,11-15H2,1H3. The molecule has 0 aromatic heterocycles. The summed E-state index contributed by atoms with van der Waals surface area (Å²) in [5.74, 6) is 0.773. The molecule has 0 unspecified atom stereocenters. The monoisotopic (exact) mass is 342 g/mol. The average molecular weight is 342 g/mol. The molecule has 1 fully saturated rings. The number of benzene rings is 2. The van der Waals surface area contributed by atoms with E-state index in [4.69, 9.17) is 4.74 Å². The van der Waals surface area contributed by atoms with Gasteiger partial charge in [0.1, 0.15) is 11.6 Å². The quantitative estimate of drug-likeness (QED) is 0.837. The lowest BCUT2D eigenvalue weighted by Gasteiger charge is -2.36. The lowest BCUT2D eigenvalue weighted by molar-refractivity contribution is -0.131. The smallest absolute Gasteiger partial charge is 0.223 e. The highest BCUT2D eigenvalue weighted by molar-refractivity contribution is 5.77. The molecule has 1 aliphatic heterocycles. The Morgan fingerprint density at radius 3 is 2.40 bits per heavy atom. The number of aryl methyl sites for hydroxylation is 1. The van der Waals surface area contributed by atoms with Crippen LogP contribution in [0, 0.1) is 5.82 Å². The summed E-state index contributed by atoms with van der Waals surface area (Å²) < 4.78 is 18.4. The minimum absolute atomic E-state index is 0.171. The summed E-state index contributed by atoms with van der Waals surface area (Å²) >= 11 is 0. The van der Waals surface area contributed by atoms with Crippen LogP contribution < -0.4 is 9.64 Å². The van der Waals surface area contributed by atoms with E-state index in [9.17, 15) is 9.18 Å². The number of hydrogen-bond acceptors (Lipinski definition) is 3. The van der Waals surface area contributed by atoms with E-state index in [0.717, 1.165) is 30.1 Å². The highest BCUT2D eigenvalue weighted by Gasteiger charge is 2.21. The van der Waals surface area contributed by atoms with Gasteiger partial charge < -0.3 is 14.5 Å².